The van der Waals surface area contributed by atoms with Crippen molar-refractivity contribution in [3.63, 3.8) is 0 Å². The van der Waals surface area contributed by atoms with Gasteiger partial charge in [-0.15, -0.1) is 0 Å². The van der Waals surface area contributed by atoms with Crippen molar-refractivity contribution in [2.24, 2.45) is 0 Å². The van der Waals surface area contributed by atoms with E-state index in [0.717, 1.165) is 0 Å². The Hall–Kier alpha value is -0.460. The average molecular weight is 113 g/mol. The highest BCUT2D eigenvalue weighted by Crippen LogP contribution is 2.05. The fourth-order valence-corrected chi connectivity index (χ4v) is 0.848. The Kier molecular flexibility index (Phi) is 1.35. The molecule has 0 aliphatic heterocycles. The Morgan fingerprint density at radius 1 is 1.43 bits per heavy atom. The zero-order chi connectivity index (χ0) is 5.11. The van der Waals surface area contributed by atoms with Gasteiger partial charge in [0.25, 0.3) is 0 Å². The predicted molar refractivity (Wildman–Crippen MR) is 26.7 cm³/mol. The van der Waals surface area contributed by atoms with Crippen molar-refractivity contribution in [1.29, 1.82) is 0 Å². The molecule has 1 heterocycles. The van der Waals surface area contributed by atoms with Crippen molar-refractivity contribution in [2.75, 3.05) is 0 Å². The van der Waals surface area contributed by atoms with Crippen LogP contribution in [0.5, 0.6) is 0 Å². The average Bonchev–Trinajstić information content (AvgIpc) is 1.69. The molecule has 0 fully saturated rings. The summed E-state index contributed by atoms with van der Waals surface area (Å²) in [5, 5.41) is 0. The van der Waals surface area contributed by atoms with Crippen LogP contribution in [0, 0.1) is 0 Å². The van der Waals surface area contributed by atoms with E-state index in [1.54, 1.807) is 24.1 Å². The summed E-state index contributed by atoms with van der Waals surface area (Å²) >= 11 is 0. The van der Waals surface area contributed by atoms with E-state index < -0.39 is 7.92 Å². The van der Waals surface area contributed by atoms with Gasteiger partial charge >= 0.3 is 0 Å². The number of aromatic nitrogens is 1. The van der Waals surface area contributed by atoms with Gasteiger partial charge in [-0.25, -0.2) is 0 Å². The van der Waals surface area contributed by atoms with Gasteiger partial charge in [-0.05, 0) is 12.1 Å². The molecule has 0 amide bonds. The Bertz CT molecular complexity index is 142. The van der Waals surface area contributed by atoms with Crippen LogP contribution in [0.15, 0.2) is 24.1 Å². The second-order valence-electron chi connectivity index (χ2n) is 1.10. The van der Waals surface area contributed by atoms with Gasteiger partial charge in [0.2, 0.25) is 7.92 Å². The molecule has 3 heteroatoms. The van der Waals surface area contributed by atoms with Crippen LogP contribution in [0.2, 0.25) is 0 Å². The Labute approximate surface area is 42.7 Å². The normalized spacial score (nSPS) is 11.3. The molecule has 2 nitrogen and oxygen atoms in total. The number of rotatable bonds is 0. The van der Waals surface area contributed by atoms with Crippen molar-refractivity contribution in [3.05, 3.63) is 24.1 Å². The monoisotopic (exact) mass is 113 g/mol. The van der Waals surface area contributed by atoms with Crippen molar-refractivity contribution in [3.8, 4) is 0 Å². The van der Waals surface area contributed by atoms with Crippen LogP contribution in [-0.4, -0.2) is 4.75 Å². The first-order valence-corrected chi connectivity index (χ1v) is 3.18. The molecule has 1 aromatic rings. The highest BCUT2D eigenvalue weighted by molar-refractivity contribution is 7.36. The summed E-state index contributed by atoms with van der Waals surface area (Å²) in [6.07, 6.45) is 1.54. The van der Waals surface area contributed by atoms with Crippen molar-refractivity contribution in [1.82, 2.24) is 4.75 Å². The molecule has 0 aliphatic rings. The molecule has 0 radical (unpaired) electrons. The SMILES string of the molecule is [O-][p+]1ccccn1. The molecule has 7 heavy (non-hydrogen) atoms. The third-order valence-corrected chi connectivity index (χ3v) is 1.38. The molecular weight excluding hydrogens is 109 g/mol. The molecule has 0 aliphatic carbocycles. The molecule has 0 aromatic carbocycles. The third-order valence-electron chi connectivity index (χ3n) is 0.591. The lowest BCUT2D eigenvalue weighted by Crippen LogP contribution is -1.82. The van der Waals surface area contributed by atoms with Crippen LogP contribution in [-0.2, 0) is 0 Å². The van der Waals surface area contributed by atoms with E-state index in [9.17, 15) is 4.89 Å². The first-order chi connectivity index (χ1) is 3.39. The van der Waals surface area contributed by atoms with E-state index in [1.165, 1.54) is 0 Å². The smallest absolute Gasteiger partial charge is 0.201 e. The minimum Gasteiger partial charge on any atom is -0.608 e. The van der Waals surface area contributed by atoms with E-state index in [-0.39, 0.29) is 0 Å². The van der Waals surface area contributed by atoms with E-state index in [1.807, 2.05) is 0 Å². The van der Waals surface area contributed by atoms with E-state index in [2.05, 4.69) is 4.75 Å². The summed E-state index contributed by atoms with van der Waals surface area (Å²) in [6, 6.07) is 3.47. The van der Waals surface area contributed by atoms with Crippen LogP contribution < -0.4 is 4.89 Å². The molecule has 36 valence electrons. The Balaban J connectivity index is 3.02. The van der Waals surface area contributed by atoms with Crippen LogP contribution in [0.1, 0.15) is 0 Å². The lowest BCUT2D eigenvalue weighted by atomic mass is 10.7. The summed E-state index contributed by atoms with van der Waals surface area (Å²) in [6.45, 7) is 0. The Morgan fingerprint density at radius 2 is 2.29 bits per heavy atom. The first kappa shape index (κ1) is 4.69. The maximum Gasteiger partial charge on any atom is 0.201 e. The number of nitrogens with zero attached hydrogens (tertiary/aromatic N) is 1. The molecule has 1 unspecified atom stereocenters. The number of hydrogen-bond acceptors (Lipinski definition) is 2. The second-order valence-corrected chi connectivity index (χ2v) is 2.24. The highest BCUT2D eigenvalue weighted by Gasteiger charge is 1.80. The molecule has 0 spiro atoms. The summed E-state index contributed by atoms with van der Waals surface area (Å²) in [5.41, 5.74) is 0. The summed E-state index contributed by atoms with van der Waals surface area (Å²) in [5.74, 6) is 1.56. The third kappa shape index (κ3) is 1.22. The maximum absolute atomic E-state index is 10.3. The van der Waals surface area contributed by atoms with Crippen molar-refractivity contribution in [2.45, 2.75) is 0 Å². The molecule has 0 N–H and O–H groups in total. The topological polar surface area (TPSA) is 36.0 Å². The van der Waals surface area contributed by atoms with Gasteiger partial charge in [0.05, 0.1) is 6.20 Å². The van der Waals surface area contributed by atoms with Gasteiger partial charge in [0, 0.05) is 0 Å². The lowest BCUT2D eigenvalue weighted by Gasteiger charge is -1.78. The summed E-state index contributed by atoms with van der Waals surface area (Å²) < 4.78 is 3.57. The maximum atomic E-state index is 10.3. The fraction of sp³-hybridized carbons (Fsp3) is 0. The largest absolute Gasteiger partial charge is 0.608 e. The van der Waals surface area contributed by atoms with E-state index in [0.29, 0.717) is 0 Å². The number of hydrogen-bond donors (Lipinski definition) is 0. The second kappa shape index (κ2) is 2.01. The quantitative estimate of drug-likeness (QED) is 0.490. The van der Waals surface area contributed by atoms with Gasteiger partial charge in [-0.1, -0.05) is 4.75 Å². The zero-order valence-electron chi connectivity index (χ0n) is 3.61. The lowest BCUT2D eigenvalue weighted by molar-refractivity contribution is -0.152. The minimum absolute atomic E-state index is 1.38. The first-order valence-electron chi connectivity index (χ1n) is 1.90. The van der Waals surface area contributed by atoms with Gasteiger partial charge in [0.15, 0.2) is 0 Å². The van der Waals surface area contributed by atoms with E-state index >= 15 is 0 Å². The highest BCUT2D eigenvalue weighted by atomic mass is 31.1. The molecule has 1 atom stereocenters. The van der Waals surface area contributed by atoms with E-state index in [4.69, 9.17) is 0 Å². The molecule has 0 saturated carbocycles. The van der Waals surface area contributed by atoms with Gasteiger partial charge in [-0.3, -0.25) is 0 Å². The Morgan fingerprint density at radius 3 is 2.57 bits per heavy atom. The van der Waals surface area contributed by atoms with Gasteiger partial charge in [0.1, 0.15) is 5.80 Å². The molecule has 0 saturated heterocycles. The van der Waals surface area contributed by atoms with Crippen LogP contribution in [0.25, 0.3) is 0 Å². The van der Waals surface area contributed by atoms with Crippen LogP contribution >= 0.6 is 7.92 Å². The van der Waals surface area contributed by atoms with Gasteiger partial charge < -0.3 is 4.89 Å². The molecular formula is C4H4NOP. The minimum atomic E-state index is -1.38. The molecule has 1 aromatic heterocycles. The van der Waals surface area contributed by atoms with Crippen molar-refractivity contribution < 1.29 is 4.89 Å². The summed E-state index contributed by atoms with van der Waals surface area (Å²) in [4.78, 5) is 10.3. The predicted octanol–water partition coefficient (Wildman–Crippen LogP) is 0.473. The standard InChI is InChI=1S/C4H4NOP/c6-7-4-2-1-3-5-7/h1-4H. The summed E-state index contributed by atoms with van der Waals surface area (Å²) in [7, 11) is -1.38. The zero-order valence-corrected chi connectivity index (χ0v) is 4.51. The van der Waals surface area contributed by atoms with Crippen molar-refractivity contribution >= 4 is 7.92 Å². The molecule has 1 rings (SSSR count). The van der Waals surface area contributed by atoms with Gasteiger partial charge in [-0.2, -0.15) is 0 Å². The van der Waals surface area contributed by atoms with Crippen LogP contribution in [0.3, 0.4) is 0 Å². The van der Waals surface area contributed by atoms with Crippen LogP contribution in [0.4, 0.5) is 0 Å². The molecule has 0 bridgehead atoms. The fourth-order valence-electron chi connectivity index (χ4n) is 0.316.